The van der Waals surface area contributed by atoms with E-state index in [0.29, 0.717) is 0 Å². The van der Waals surface area contributed by atoms with Gasteiger partial charge in [-0.15, -0.1) is 0 Å². The van der Waals surface area contributed by atoms with Crippen LogP contribution in [0.2, 0.25) is 0 Å². The summed E-state index contributed by atoms with van der Waals surface area (Å²) < 4.78 is 0. The Morgan fingerprint density at radius 1 is 0.700 bits per heavy atom. The highest BCUT2D eigenvalue weighted by Gasteiger charge is 2.40. The lowest BCUT2D eigenvalue weighted by Crippen LogP contribution is -2.34. The molecule has 1 nitrogen and oxygen atoms in total. The van der Waals surface area contributed by atoms with E-state index in [4.69, 9.17) is 0 Å². The summed E-state index contributed by atoms with van der Waals surface area (Å²) in [4.78, 5) is 0. The number of nitrogens with zero attached hydrogens (tertiary/aromatic N) is 1. The van der Waals surface area contributed by atoms with Gasteiger partial charge in [-0.1, -0.05) is 84.5 Å². The predicted octanol–water partition coefficient (Wildman–Crippen LogP) is 9.46. The first kappa shape index (κ1) is 24.1. The third kappa shape index (κ3) is 6.74. The van der Waals surface area contributed by atoms with Crippen LogP contribution in [0.1, 0.15) is 142 Å². The molecule has 0 aliphatic heterocycles. The third-order valence-corrected chi connectivity index (χ3v) is 9.64. The highest BCUT2D eigenvalue weighted by molar-refractivity contribution is 5.03. The quantitative estimate of drug-likeness (QED) is 0.327. The minimum absolute atomic E-state index is 0.0330. The standard InChI is InChI=1S/C29H51N/c1-3-5-7-8-10-24-12-14-25(15-13-24)26-16-18-27(19-17-26)28-11-9-21-29(22-28,23-30)20-6-4-2/h24-28H,3-22H2,1-2H3. The van der Waals surface area contributed by atoms with Crippen LogP contribution in [0.4, 0.5) is 0 Å². The van der Waals surface area contributed by atoms with Crippen molar-refractivity contribution in [3.63, 3.8) is 0 Å². The maximum absolute atomic E-state index is 9.95. The average Bonchev–Trinajstić information content (AvgIpc) is 2.81. The maximum Gasteiger partial charge on any atom is 0.0689 e. The SMILES string of the molecule is CCCCCCC1CCC(C2CCC(C3CCCC(C#N)(CCCC)C3)CC2)CC1. The molecule has 0 heterocycles. The van der Waals surface area contributed by atoms with Crippen molar-refractivity contribution in [2.75, 3.05) is 0 Å². The first-order chi connectivity index (χ1) is 14.7. The van der Waals surface area contributed by atoms with Crippen molar-refractivity contribution >= 4 is 0 Å². The highest BCUT2D eigenvalue weighted by Crippen LogP contribution is 2.50. The summed E-state index contributed by atoms with van der Waals surface area (Å²) in [7, 11) is 0. The van der Waals surface area contributed by atoms with Gasteiger partial charge in [-0.25, -0.2) is 0 Å². The van der Waals surface area contributed by atoms with Crippen molar-refractivity contribution in [3.05, 3.63) is 0 Å². The first-order valence-electron chi connectivity index (χ1n) is 14.1. The summed E-state index contributed by atoms with van der Waals surface area (Å²) in [5.41, 5.74) is 0.0330. The van der Waals surface area contributed by atoms with Gasteiger partial charge < -0.3 is 0 Å². The van der Waals surface area contributed by atoms with Crippen LogP contribution in [0.15, 0.2) is 0 Å². The molecule has 3 fully saturated rings. The van der Waals surface area contributed by atoms with Crippen molar-refractivity contribution < 1.29 is 0 Å². The van der Waals surface area contributed by atoms with E-state index in [0.717, 1.165) is 36.0 Å². The molecule has 3 aliphatic carbocycles. The molecule has 3 aliphatic rings. The van der Waals surface area contributed by atoms with Gasteiger partial charge in [0, 0.05) is 0 Å². The van der Waals surface area contributed by atoms with Gasteiger partial charge >= 0.3 is 0 Å². The van der Waals surface area contributed by atoms with Gasteiger partial charge in [0.2, 0.25) is 0 Å². The molecular formula is C29H51N. The second-order valence-corrected chi connectivity index (χ2v) is 11.7. The lowest BCUT2D eigenvalue weighted by molar-refractivity contribution is 0.0814. The van der Waals surface area contributed by atoms with E-state index < -0.39 is 0 Å². The van der Waals surface area contributed by atoms with Crippen molar-refractivity contribution in [3.8, 4) is 6.07 Å². The second-order valence-electron chi connectivity index (χ2n) is 11.7. The molecule has 172 valence electrons. The van der Waals surface area contributed by atoms with Gasteiger partial charge in [-0.05, 0) is 87.4 Å². The Labute approximate surface area is 188 Å². The van der Waals surface area contributed by atoms with Gasteiger partial charge in [-0.3, -0.25) is 0 Å². The van der Waals surface area contributed by atoms with E-state index in [9.17, 15) is 5.26 Å². The molecule has 0 aromatic carbocycles. The molecule has 3 rings (SSSR count). The predicted molar refractivity (Wildman–Crippen MR) is 129 cm³/mol. The summed E-state index contributed by atoms with van der Waals surface area (Å²) in [6.07, 6.45) is 28.1. The smallest absolute Gasteiger partial charge is 0.0689 e. The fraction of sp³-hybridized carbons (Fsp3) is 0.966. The number of hydrogen-bond acceptors (Lipinski definition) is 1. The van der Waals surface area contributed by atoms with Gasteiger partial charge in [-0.2, -0.15) is 5.26 Å². The van der Waals surface area contributed by atoms with E-state index in [1.54, 1.807) is 0 Å². The van der Waals surface area contributed by atoms with Crippen LogP contribution >= 0.6 is 0 Å². The van der Waals surface area contributed by atoms with Gasteiger partial charge in [0.15, 0.2) is 0 Å². The molecule has 0 radical (unpaired) electrons. The van der Waals surface area contributed by atoms with E-state index in [1.165, 1.54) is 122 Å². The van der Waals surface area contributed by atoms with Crippen molar-refractivity contribution in [2.45, 2.75) is 142 Å². The average molecular weight is 414 g/mol. The molecule has 0 aromatic heterocycles. The van der Waals surface area contributed by atoms with E-state index >= 15 is 0 Å². The molecule has 0 aromatic rings. The van der Waals surface area contributed by atoms with Crippen LogP contribution in [0.25, 0.3) is 0 Å². The van der Waals surface area contributed by atoms with Crippen LogP contribution in [0, 0.1) is 46.3 Å². The lowest BCUT2D eigenvalue weighted by Gasteiger charge is -2.43. The summed E-state index contributed by atoms with van der Waals surface area (Å²) in [6, 6.07) is 2.81. The fourth-order valence-electron chi connectivity index (χ4n) is 7.61. The molecule has 2 atom stereocenters. The molecule has 1 heteroatoms. The molecule has 2 unspecified atom stereocenters. The summed E-state index contributed by atoms with van der Waals surface area (Å²) >= 11 is 0. The minimum Gasteiger partial charge on any atom is -0.198 e. The molecule has 0 N–H and O–H groups in total. The second kappa shape index (κ2) is 12.5. The van der Waals surface area contributed by atoms with Crippen LogP contribution in [-0.4, -0.2) is 0 Å². The van der Waals surface area contributed by atoms with Crippen LogP contribution in [-0.2, 0) is 0 Å². The Hall–Kier alpha value is -0.510. The normalized spacial score (nSPS) is 37.6. The zero-order valence-corrected chi connectivity index (χ0v) is 20.5. The summed E-state index contributed by atoms with van der Waals surface area (Å²) in [5, 5.41) is 9.95. The maximum atomic E-state index is 9.95. The number of nitriles is 1. The third-order valence-electron chi connectivity index (χ3n) is 9.64. The number of rotatable bonds is 10. The number of hydrogen-bond donors (Lipinski definition) is 0. The van der Waals surface area contributed by atoms with Crippen LogP contribution in [0.5, 0.6) is 0 Å². The Balaban J connectivity index is 1.38. The van der Waals surface area contributed by atoms with E-state index in [-0.39, 0.29) is 5.41 Å². The zero-order chi connectivity index (χ0) is 21.2. The molecule has 0 bridgehead atoms. The zero-order valence-electron chi connectivity index (χ0n) is 20.5. The Kier molecular flexibility index (Phi) is 10.1. The molecule has 0 spiro atoms. The van der Waals surface area contributed by atoms with E-state index in [2.05, 4.69) is 19.9 Å². The van der Waals surface area contributed by atoms with Gasteiger partial charge in [0.1, 0.15) is 0 Å². The molecule has 0 saturated heterocycles. The number of unbranched alkanes of at least 4 members (excludes halogenated alkanes) is 4. The Morgan fingerprint density at radius 2 is 1.30 bits per heavy atom. The summed E-state index contributed by atoms with van der Waals surface area (Å²) in [6.45, 7) is 4.59. The largest absolute Gasteiger partial charge is 0.198 e. The molecular weight excluding hydrogens is 362 g/mol. The highest BCUT2D eigenvalue weighted by atomic mass is 14.5. The van der Waals surface area contributed by atoms with Crippen LogP contribution in [0.3, 0.4) is 0 Å². The monoisotopic (exact) mass is 413 g/mol. The van der Waals surface area contributed by atoms with Crippen molar-refractivity contribution in [2.24, 2.45) is 35.0 Å². The Morgan fingerprint density at radius 3 is 1.90 bits per heavy atom. The molecule has 30 heavy (non-hydrogen) atoms. The molecule has 3 saturated carbocycles. The topological polar surface area (TPSA) is 23.8 Å². The van der Waals surface area contributed by atoms with Crippen molar-refractivity contribution in [1.29, 1.82) is 5.26 Å². The lowest BCUT2D eigenvalue weighted by atomic mass is 9.61. The van der Waals surface area contributed by atoms with Crippen molar-refractivity contribution in [1.82, 2.24) is 0 Å². The minimum atomic E-state index is 0.0330. The first-order valence-corrected chi connectivity index (χ1v) is 14.1. The van der Waals surface area contributed by atoms with Crippen LogP contribution < -0.4 is 0 Å². The molecule has 0 amide bonds. The fourth-order valence-corrected chi connectivity index (χ4v) is 7.61. The Bertz CT molecular complexity index is 503. The van der Waals surface area contributed by atoms with Gasteiger partial charge in [0.25, 0.3) is 0 Å². The summed E-state index contributed by atoms with van der Waals surface area (Å²) in [5.74, 6) is 4.93. The van der Waals surface area contributed by atoms with Gasteiger partial charge in [0.05, 0.1) is 11.5 Å². The van der Waals surface area contributed by atoms with E-state index in [1.807, 2.05) is 0 Å².